The molecule has 0 saturated heterocycles. The minimum atomic E-state index is -0.893. The Labute approximate surface area is 186 Å². The fourth-order valence-corrected chi connectivity index (χ4v) is 3.57. The van der Waals surface area contributed by atoms with Crippen molar-refractivity contribution in [3.8, 4) is 0 Å². The van der Waals surface area contributed by atoms with Crippen LogP contribution in [0.15, 0.2) is 54.2 Å². The molecule has 0 aliphatic rings. The van der Waals surface area contributed by atoms with Crippen molar-refractivity contribution in [2.75, 3.05) is 4.90 Å². The number of rotatable bonds is 8. The summed E-state index contributed by atoms with van der Waals surface area (Å²) in [6.45, 7) is 7.98. The number of benzene rings is 1. The fourth-order valence-electron chi connectivity index (χ4n) is 3.14. The molecule has 2 aromatic heterocycles. The van der Waals surface area contributed by atoms with E-state index in [2.05, 4.69) is 19.9 Å². The van der Waals surface area contributed by atoms with Gasteiger partial charge >= 0.3 is 0 Å². The van der Waals surface area contributed by atoms with Gasteiger partial charge in [0.2, 0.25) is 5.91 Å². The molecule has 162 valence electrons. The van der Waals surface area contributed by atoms with Crippen molar-refractivity contribution in [1.29, 1.82) is 0 Å². The van der Waals surface area contributed by atoms with Gasteiger partial charge in [-0.15, -0.1) is 5.10 Å². The maximum absolute atomic E-state index is 13.6. The molecule has 1 N–H and O–H groups in total. The molecule has 31 heavy (non-hydrogen) atoms. The van der Waals surface area contributed by atoms with E-state index in [1.165, 1.54) is 4.90 Å². The lowest BCUT2D eigenvalue weighted by Gasteiger charge is -2.34. The Hall–Kier alpha value is -3.13. The molecule has 7 nitrogen and oxygen atoms in total. The fraction of sp³-hybridized carbons (Fsp3) is 0.348. The zero-order valence-electron chi connectivity index (χ0n) is 18.2. The second kappa shape index (κ2) is 9.78. The number of carbonyl (C=O) groups is 2. The van der Waals surface area contributed by atoms with Crippen LogP contribution in [0.5, 0.6) is 0 Å². The summed E-state index contributed by atoms with van der Waals surface area (Å²) in [6.07, 6.45) is 4.80. The highest BCUT2D eigenvalue weighted by atomic mass is 32.1. The quantitative estimate of drug-likeness (QED) is 0.571. The summed E-state index contributed by atoms with van der Waals surface area (Å²) in [5.74, 6) is -0.648. The van der Waals surface area contributed by atoms with Crippen molar-refractivity contribution >= 4 is 29.0 Å². The van der Waals surface area contributed by atoms with Crippen molar-refractivity contribution in [3.63, 3.8) is 0 Å². The Morgan fingerprint density at radius 2 is 1.90 bits per heavy atom. The molecule has 2 amide bonds. The van der Waals surface area contributed by atoms with Crippen molar-refractivity contribution < 1.29 is 9.59 Å². The molecule has 0 radical (unpaired) electrons. The Kier molecular flexibility index (Phi) is 7.12. The normalized spacial score (nSPS) is 12.3. The molecule has 0 bridgehead atoms. The second-order valence-electron chi connectivity index (χ2n) is 7.90. The van der Waals surface area contributed by atoms with Crippen LogP contribution in [-0.4, -0.2) is 31.9 Å². The Balaban J connectivity index is 2.16. The highest BCUT2D eigenvalue weighted by molar-refractivity contribution is 7.03. The standard InChI is InChI=1S/C23H27N5O2S/c1-5-16-8-7-9-18(14-16)28(22(30)19-15-31-27-26-19)20(17-10-12-24-13-11-17)21(29)25-23(3,4)6-2/h7-15,20H,5-6H2,1-4H3,(H,25,29)/t20-/m1/s1. The third kappa shape index (κ3) is 5.32. The molecule has 0 spiro atoms. The van der Waals surface area contributed by atoms with E-state index in [4.69, 9.17) is 0 Å². The van der Waals surface area contributed by atoms with E-state index in [0.717, 1.165) is 29.9 Å². The number of hydrogen-bond donors (Lipinski definition) is 1. The molecule has 3 rings (SSSR count). The molecule has 0 aliphatic carbocycles. The molecule has 0 unspecified atom stereocenters. The van der Waals surface area contributed by atoms with Gasteiger partial charge in [0.1, 0.15) is 6.04 Å². The van der Waals surface area contributed by atoms with Crippen molar-refractivity contribution in [2.24, 2.45) is 0 Å². The van der Waals surface area contributed by atoms with Crippen molar-refractivity contribution in [1.82, 2.24) is 19.9 Å². The van der Waals surface area contributed by atoms with Gasteiger partial charge in [-0.05, 0) is 73.6 Å². The van der Waals surface area contributed by atoms with E-state index in [1.54, 1.807) is 29.9 Å². The van der Waals surface area contributed by atoms with Gasteiger partial charge in [-0.25, -0.2) is 0 Å². The van der Waals surface area contributed by atoms with E-state index in [-0.39, 0.29) is 17.5 Å². The van der Waals surface area contributed by atoms with Crippen LogP contribution in [0.3, 0.4) is 0 Å². The molecule has 1 atom stereocenters. The predicted octanol–water partition coefficient (Wildman–Crippen LogP) is 4.19. The van der Waals surface area contributed by atoms with E-state index in [9.17, 15) is 9.59 Å². The highest BCUT2D eigenvalue weighted by Gasteiger charge is 2.36. The predicted molar refractivity (Wildman–Crippen MR) is 122 cm³/mol. The monoisotopic (exact) mass is 437 g/mol. The second-order valence-corrected chi connectivity index (χ2v) is 8.51. The summed E-state index contributed by atoms with van der Waals surface area (Å²) in [6, 6.07) is 10.3. The van der Waals surface area contributed by atoms with Crippen LogP contribution in [0, 0.1) is 0 Å². The summed E-state index contributed by atoms with van der Waals surface area (Å²) in [5, 5.41) is 8.66. The molecule has 0 saturated carbocycles. The highest BCUT2D eigenvalue weighted by Crippen LogP contribution is 2.31. The van der Waals surface area contributed by atoms with Gasteiger partial charge in [-0.2, -0.15) is 0 Å². The molecular formula is C23H27N5O2S. The van der Waals surface area contributed by atoms with Gasteiger partial charge in [-0.3, -0.25) is 19.5 Å². The lowest BCUT2D eigenvalue weighted by molar-refractivity contribution is -0.124. The topological polar surface area (TPSA) is 88.1 Å². The number of pyridine rings is 1. The van der Waals surface area contributed by atoms with Crippen LogP contribution in [0.4, 0.5) is 5.69 Å². The smallest absolute Gasteiger partial charge is 0.280 e. The first-order valence-corrected chi connectivity index (χ1v) is 11.1. The number of nitrogens with zero attached hydrogens (tertiary/aromatic N) is 4. The average Bonchev–Trinajstić information content (AvgIpc) is 3.32. The largest absolute Gasteiger partial charge is 0.349 e. The first kappa shape index (κ1) is 22.6. The van der Waals surface area contributed by atoms with E-state index < -0.39 is 11.6 Å². The summed E-state index contributed by atoms with van der Waals surface area (Å²) in [4.78, 5) is 32.8. The number of aryl methyl sites for hydroxylation is 1. The number of aromatic nitrogens is 3. The first-order chi connectivity index (χ1) is 14.9. The van der Waals surface area contributed by atoms with Gasteiger partial charge in [0.05, 0.1) is 0 Å². The molecule has 2 heterocycles. The van der Waals surface area contributed by atoms with Crippen molar-refractivity contribution in [3.05, 3.63) is 71.0 Å². The third-order valence-corrected chi connectivity index (χ3v) is 5.77. The Bertz CT molecular complexity index is 1020. The molecule has 0 aliphatic heterocycles. The minimum Gasteiger partial charge on any atom is -0.349 e. The van der Waals surface area contributed by atoms with Crippen LogP contribution >= 0.6 is 11.5 Å². The molecule has 8 heteroatoms. The molecule has 3 aromatic rings. The van der Waals surface area contributed by atoms with E-state index >= 15 is 0 Å². The number of anilines is 1. The first-order valence-electron chi connectivity index (χ1n) is 10.3. The van der Waals surface area contributed by atoms with Gasteiger partial charge in [0.15, 0.2) is 5.69 Å². The zero-order valence-corrected chi connectivity index (χ0v) is 19.0. The van der Waals surface area contributed by atoms with E-state index in [1.807, 2.05) is 52.0 Å². The van der Waals surface area contributed by atoms with Crippen LogP contribution < -0.4 is 10.2 Å². The van der Waals surface area contributed by atoms with Crippen LogP contribution in [0.2, 0.25) is 0 Å². The maximum atomic E-state index is 13.6. The van der Waals surface area contributed by atoms with Crippen LogP contribution in [0.1, 0.15) is 61.8 Å². The number of carbonyl (C=O) groups excluding carboxylic acids is 2. The number of nitrogens with one attached hydrogen (secondary N) is 1. The van der Waals surface area contributed by atoms with Gasteiger partial charge in [-0.1, -0.05) is 30.5 Å². The molecule has 0 fully saturated rings. The average molecular weight is 438 g/mol. The van der Waals surface area contributed by atoms with Crippen LogP contribution in [-0.2, 0) is 11.2 Å². The SMILES string of the molecule is CCc1cccc(N(C(=O)c2csnn2)[C@@H](C(=O)NC(C)(C)CC)c2ccncc2)c1. The van der Waals surface area contributed by atoms with E-state index in [0.29, 0.717) is 11.3 Å². The lowest BCUT2D eigenvalue weighted by atomic mass is 9.98. The summed E-state index contributed by atoms with van der Waals surface area (Å²) in [7, 11) is 0. The van der Waals surface area contributed by atoms with Gasteiger partial charge < -0.3 is 5.32 Å². The Morgan fingerprint density at radius 3 is 2.52 bits per heavy atom. The number of amides is 2. The molecule has 1 aromatic carbocycles. The minimum absolute atomic E-state index is 0.202. The van der Waals surface area contributed by atoms with Crippen molar-refractivity contribution in [2.45, 2.75) is 52.1 Å². The maximum Gasteiger partial charge on any atom is 0.280 e. The van der Waals surface area contributed by atoms with Gasteiger partial charge in [0.25, 0.3) is 5.91 Å². The zero-order chi connectivity index (χ0) is 22.4. The summed E-state index contributed by atoms with van der Waals surface area (Å²) >= 11 is 1.10. The summed E-state index contributed by atoms with van der Waals surface area (Å²) in [5.41, 5.74) is 2.13. The third-order valence-electron chi connectivity index (χ3n) is 5.27. The lowest BCUT2D eigenvalue weighted by Crippen LogP contribution is -2.50. The van der Waals surface area contributed by atoms with Crippen LogP contribution in [0.25, 0.3) is 0 Å². The summed E-state index contributed by atoms with van der Waals surface area (Å²) < 4.78 is 3.84. The molecular weight excluding hydrogens is 410 g/mol. The van der Waals surface area contributed by atoms with Gasteiger partial charge in [0, 0.05) is 29.0 Å². The number of hydrogen-bond acceptors (Lipinski definition) is 6. The Morgan fingerprint density at radius 1 is 1.16 bits per heavy atom.